The molecule has 0 bridgehead atoms. The van der Waals surface area contributed by atoms with Crippen LogP contribution in [0.3, 0.4) is 0 Å². The van der Waals surface area contributed by atoms with Gasteiger partial charge < -0.3 is 9.47 Å². The summed E-state index contributed by atoms with van der Waals surface area (Å²) in [5, 5.41) is 16.1. The molecule has 1 atom stereocenters. The normalized spacial score (nSPS) is 24.4. The summed E-state index contributed by atoms with van der Waals surface area (Å²) in [6.45, 7) is 3.30. The van der Waals surface area contributed by atoms with Crippen molar-refractivity contribution in [2.24, 2.45) is 5.10 Å². The molecule has 0 saturated carbocycles. The van der Waals surface area contributed by atoms with E-state index in [2.05, 4.69) is 10.0 Å². The molecule has 2 saturated heterocycles. The van der Waals surface area contributed by atoms with E-state index < -0.39 is 52.5 Å². The van der Waals surface area contributed by atoms with Crippen LogP contribution < -0.4 is 0 Å². The summed E-state index contributed by atoms with van der Waals surface area (Å²) in [7, 11) is 0. The van der Waals surface area contributed by atoms with Crippen LogP contribution in [0.15, 0.2) is 29.3 Å². The molecule has 0 N–H and O–H groups in total. The highest BCUT2D eigenvalue weighted by Gasteiger charge is 2.32. The third-order valence-corrected chi connectivity index (χ3v) is 3.62. The van der Waals surface area contributed by atoms with Crippen molar-refractivity contribution in [1.29, 1.82) is 0 Å². The molecule has 1 aromatic carbocycles. The van der Waals surface area contributed by atoms with Crippen LogP contribution in [0.1, 0.15) is 11.0 Å². The molecule has 0 aliphatic carbocycles. The maximum Gasteiger partial charge on any atom is 0.430 e. The van der Waals surface area contributed by atoms with Crippen LogP contribution >= 0.6 is 0 Å². The minimum absolute atomic E-state index is 0.131. The van der Waals surface area contributed by atoms with Gasteiger partial charge in [-0.3, -0.25) is 15.0 Å². The first-order chi connectivity index (χ1) is 13.3. The Bertz CT molecular complexity index is 831. The lowest BCUT2D eigenvalue weighted by atomic mass is 10.2. The largest absolute Gasteiger partial charge is 0.441 e. The molecule has 2 fully saturated rings. The lowest BCUT2D eigenvalue weighted by Gasteiger charge is -2.27. The Kier molecular flexibility index (Phi) is 3.66. The second kappa shape index (κ2) is 7.37. The average molecular weight is 338 g/mol. The first-order valence-electron chi connectivity index (χ1n) is 9.36. The Morgan fingerprint density at radius 3 is 2.92 bits per heavy atom. The fourth-order valence-corrected chi connectivity index (χ4v) is 2.45. The molecular weight excluding hydrogens is 316 g/mol. The lowest BCUT2D eigenvalue weighted by molar-refractivity contribution is -0.385. The molecule has 1 amide bonds. The highest BCUT2D eigenvalue weighted by molar-refractivity contribution is 5.86. The van der Waals surface area contributed by atoms with Gasteiger partial charge in [-0.25, -0.2) is 4.79 Å². The molecule has 2 aliphatic rings. The van der Waals surface area contributed by atoms with Gasteiger partial charge >= 0.3 is 6.09 Å². The summed E-state index contributed by atoms with van der Waals surface area (Å²) in [6.07, 6.45) is -0.255. The predicted octanol–water partition coefficient (Wildman–Crippen LogP) is 1.08. The van der Waals surface area contributed by atoms with Crippen LogP contribution in [0.25, 0.3) is 0 Å². The van der Waals surface area contributed by atoms with E-state index in [0.717, 1.165) is 24.3 Å². The van der Waals surface area contributed by atoms with Crippen LogP contribution in [0.2, 0.25) is 0 Å². The fraction of sp³-hybridized carbons (Fsp3) is 0.467. The number of hydrogen-bond acceptors (Lipinski definition) is 7. The molecule has 3 rings (SSSR count). The Morgan fingerprint density at radius 1 is 1.42 bits per heavy atom. The van der Waals surface area contributed by atoms with Gasteiger partial charge in [0.15, 0.2) is 0 Å². The van der Waals surface area contributed by atoms with E-state index in [4.69, 9.17) is 15.0 Å². The minimum atomic E-state index is -0.900. The van der Waals surface area contributed by atoms with E-state index in [9.17, 15) is 14.9 Å². The summed E-state index contributed by atoms with van der Waals surface area (Å²) in [4.78, 5) is 24.5. The van der Waals surface area contributed by atoms with Gasteiger partial charge in [0.1, 0.15) is 6.10 Å². The number of hydrazone groups is 1. The van der Waals surface area contributed by atoms with Gasteiger partial charge in [-0.2, -0.15) is 10.1 Å². The summed E-state index contributed by atoms with van der Waals surface area (Å²) >= 11 is 0. The van der Waals surface area contributed by atoms with E-state index in [-0.39, 0.29) is 6.54 Å². The van der Waals surface area contributed by atoms with Crippen LogP contribution in [0, 0.1) is 10.1 Å². The van der Waals surface area contributed by atoms with Crippen molar-refractivity contribution < 1.29 is 24.7 Å². The van der Waals surface area contributed by atoms with Crippen molar-refractivity contribution in [2.45, 2.75) is 6.10 Å². The highest BCUT2D eigenvalue weighted by atomic mass is 16.6. The molecule has 24 heavy (non-hydrogen) atoms. The molecule has 2 aliphatic heterocycles. The van der Waals surface area contributed by atoms with Crippen LogP contribution in [0.4, 0.5) is 10.5 Å². The van der Waals surface area contributed by atoms with Gasteiger partial charge in [-0.1, -0.05) is 12.1 Å². The first-order valence-corrected chi connectivity index (χ1v) is 7.36. The molecular formula is C15H18N4O5. The number of hydrogen-bond donors (Lipinski definition) is 0. The average Bonchev–Trinajstić information content (AvgIpc) is 3.01. The van der Waals surface area contributed by atoms with Gasteiger partial charge in [-0.05, 0) is 6.04 Å². The summed E-state index contributed by atoms with van der Waals surface area (Å²) in [5.41, 5.74) is -1.20. The van der Waals surface area contributed by atoms with Gasteiger partial charge in [-0.15, -0.1) is 0 Å². The number of carbonyl (C=O) groups excluding carboxylic acids is 1. The zero-order valence-electron chi connectivity index (χ0n) is 16.7. The SMILES string of the molecule is [2H]c1c([2H])c([2H])c([N+](=O)[O-])c(/C=N/N2CC(CN3CCOCC3)OC2=O)c1[2H]. The van der Waals surface area contributed by atoms with E-state index >= 15 is 0 Å². The maximum atomic E-state index is 12.0. The monoisotopic (exact) mass is 338 g/mol. The third kappa shape index (κ3) is 3.87. The second-order valence-corrected chi connectivity index (χ2v) is 5.26. The van der Waals surface area contributed by atoms with Crippen LogP contribution in [-0.4, -0.2) is 72.6 Å². The zero-order chi connectivity index (χ0) is 20.4. The number of benzene rings is 1. The van der Waals surface area contributed by atoms with Crippen molar-refractivity contribution >= 4 is 18.0 Å². The number of ether oxygens (including phenoxy) is 2. The number of para-hydroxylation sites is 1. The van der Waals surface area contributed by atoms with Crippen molar-refractivity contribution in [3.63, 3.8) is 0 Å². The Balaban J connectivity index is 1.78. The maximum absolute atomic E-state index is 12.0. The quantitative estimate of drug-likeness (QED) is 0.453. The predicted molar refractivity (Wildman–Crippen MR) is 84.9 cm³/mol. The second-order valence-electron chi connectivity index (χ2n) is 5.26. The topological polar surface area (TPSA) is 97.5 Å². The Morgan fingerprint density at radius 2 is 2.17 bits per heavy atom. The number of cyclic esters (lactones) is 1. The molecule has 128 valence electrons. The number of nitrogens with zero attached hydrogens (tertiary/aromatic N) is 4. The standard InChI is InChI=1S/C15H18N4O5/c20-15-18(11-13(24-15)10-17-5-7-23-8-6-17)16-9-12-3-1-2-4-14(12)19(21)22/h1-4,9,13H,5-8,10-11H2/b16-9+/i1D,2D,3D,4D. The number of carbonyl (C=O) groups is 1. The molecule has 1 aromatic rings. The van der Waals surface area contributed by atoms with Crippen molar-refractivity contribution in [2.75, 3.05) is 39.4 Å². The van der Waals surface area contributed by atoms with E-state index in [0.29, 0.717) is 19.8 Å². The van der Waals surface area contributed by atoms with Crippen molar-refractivity contribution in [3.05, 3.63) is 39.8 Å². The number of nitro groups is 1. The summed E-state index contributed by atoms with van der Waals surface area (Å²) in [5.74, 6) is 0. The van der Waals surface area contributed by atoms with Crippen LogP contribution in [-0.2, 0) is 9.47 Å². The third-order valence-electron chi connectivity index (χ3n) is 3.62. The lowest BCUT2D eigenvalue weighted by Crippen LogP contribution is -2.41. The zero-order valence-corrected chi connectivity index (χ0v) is 12.7. The molecule has 0 radical (unpaired) electrons. The van der Waals surface area contributed by atoms with Gasteiger partial charge in [0.25, 0.3) is 5.69 Å². The summed E-state index contributed by atoms with van der Waals surface area (Å²) < 4.78 is 41.3. The number of rotatable bonds is 5. The number of morpholine rings is 1. The molecule has 0 aromatic heterocycles. The van der Waals surface area contributed by atoms with Gasteiger partial charge in [0.05, 0.1) is 41.9 Å². The molecule has 9 heteroatoms. The molecule has 1 unspecified atom stereocenters. The van der Waals surface area contributed by atoms with Crippen molar-refractivity contribution in [1.82, 2.24) is 9.91 Å². The van der Waals surface area contributed by atoms with E-state index in [1.165, 1.54) is 0 Å². The number of nitro benzene ring substituents is 1. The Labute approximate surface area is 144 Å². The Hall–Kier alpha value is -2.52. The molecule has 2 heterocycles. The summed E-state index contributed by atoms with van der Waals surface area (Å²) in [6, 6.07) is -2.71. The first kappa shape index (κ1) is 11.9. The highest BCUT2D eigenvalue weighted by Crippen LogP contribution is 2.17. The number of amides is 1. The smallest absolute Gasteiger partial charge is 0.430 e. The van der Waals surface area contributed by atoms with Gasteiger partial charge in [0.2, 0.25) is 0 Å². The van der Waals surface area contributed by atoms with E-state index in [1.807, 2.05) is 0 Å². The van der Waals surface area contributed by atoms with Crippen molar-refractivity contribution in [3.8, 4) is 0 Å². The van der Waals surface area contributed by atoms with E-state index in [1.54, 1.807) is 0 Å². The molecule has 9 nitrogen and oxygen atoms in total. The fourth-order valence-electron chi connectivity index (χ4n) is 2.45. The minimum Gasteiger partial charge on any atom is -0.441 e. The molecule has 0 spiro atoms. The van der Waals surface area contributed by atoms with Gasteiger partial charge in [0, 0.05) is 25.7 Å². The van der Waals surface area contributed by atoms with Crippen LogP contribution in [0.5, 0.6) is 0 Å².